The van der Waals surface area contributed by atoms with Crippen molar-refractivity contribution in [2.75, 3.05) is 5.32 Å². The molecule has 6 heteroatoms. The van der Waals surface area contributed by atoms with Crippen LogP contribution in [-0.2, 0) is 6.42 Å². The van der Waals surface area contributed by atoms with E-state index in [1.165, 1.54) is 10.4 Å². The van der Waals surface area contributed by atoms with Crippen molar-refractivity contribution in [3.05, 3.63) is 42.8 Å². The zero-order valence-corrected chi connectivity index (χ0v) is 13.9. The second-order valence-electron chi connectivity index (χ2n) is 4.95. The molecule has 0 bridgehead atoms. The summed E-state index contributed by atoms with van der Waals surface area (Å²) in [5, 5.41) is 4.35. The maximum absolute atomic E-state index is 6.20. The number of nitrogens with one attached hydrogen (secondary N) is 1. The quantitative estimate of drug-likeness (QED) is 0.684. The third-order valence-electron chi connectivity index (χ3n) is 3.54. The molecule has 2 aromatic heterocycles. The maximum atomic E-state index is 6.20. The van der Waals surface area contributed by atoms with Crippen molar-refractivity contribution in [1.29, 1.82) is 0 Å². The SMILES string of the molecule is Cc1cc(Cl)nc(Cl)c1NC1CCCc2sc(Cl)cc21. The van der Waals surface area contributed by atoms with E-state index < -0.39 is 0 Å². The Hall–Kier alpha value is -0.480. The van der Waals surface area contributed by atoms with Crippen LogP contribution in [0.2, 0.25) is 14.6 Å². The van der Waals surface area contributed by atoms with Crippen LogP contribution in [0.15, 0.2) is 12.1 Å². The molecule has 2 aromatic rings. The Labute approximate surface area is 137 Å². The van der Waals surface area contributed by atoms with Crippen LogP contribution in [0, 0.1) is 6.92 Å². The van der Waals surface area contributed by atoms with Gasteiger partial charge < -0.3 is 5.32 Å². The number of anilines is 1. The minimum absolute atomic E-state index is 0.238. The van der Waals surface area contributed by atoms with Crippen molar-refractivity contribution in [1.82, 2.24) is 4.98 Å². The number of halogens is 3. The zero-order chi connectivity index (χ0) is 14.3. The summed E-state index contributed by atoms with van der Waals surface area (Å²) in [7, 11) is 0. The highest BCUT2D eigenvalue weighted by Gasteiger charge is 2.24. The summed E-state index contributed by atoms with van der Waals surface area (Å²) < 4.78 is 0.848. The number of nitrogens with zero attached hydrogens (tertiary/aromatic N) is 1. The summed E-state index contributed by atoms with van der Waals surface area (Å²) >= 11 is 19.9. The molecule has 106 valence electrons. The molecule has 0 saturated carbocycles. The lowest BCUT2D eigenvalue weighted by molar-refractivity contribution is 0.608. The third kappa shape index (κ3) is 2.77. The molecule has 1 aliphatic carbocycles. The summed E-state index contributed by atoms with van der Waals surface area (Å²) in [5.41, 5.74) is 3.15. The van der Waals surface area contributed by atoms with Crippen molar-refractivity contribution >= 4 is 51.8 Å². The van der Waals surface area contributed by atoms with Gasteiger partial charge in [0.2, 0.25) is 0 Å². The summed E-state index contributed by atoms with van der Waals surface area (Å²) in [5.74, 6) is 0. The molecule has 3 rings (SSSR count). The van der Waals surface area contributed by atoms with Crippen molar-refractivity contribution in [2.24, 2.45) is 0 Å². The zero-order valence-electron chi connectivity index (χ0n) is 10.8. The van der Waals surface area contributed by atoms with Crippen LogP contribution in [0.4, 0.5) is 5.69 Å². The Kier molecular flexibility index (Phi) is 4.14. The van der Waals surface area contributed by atoms with Gasteiger partial charge in [-0.15, -0.1) is 11.3 Å². The molecule has 0 spiro atoms. The van der Waals surface area contributed by atoms with E-state index in [1.54, 1.807) is 11.3 Å². The molecule has 0 aromatic carbocycles. The summed E-state index contributed by atoms with van der Waals surface area (Å²) in [6.07, 6.45) is 3.33. The van der Waals surface area contributed by atoms with Crippen LogP contribution >= 0.6 is 46.1 Å². The van der Waals surface area contributed by atoms with E-state index in [0.29, 0.717) is 10.3 Å². The second-order valence-corrected chi connectivity index (χ2v) is 7.46. The molecule has 2 heterocycles. The van der Waals surface area contributed by atoms with E-state index in [2.05, 4.69) is 16.4 Å². The summed E-state index contributed by atoms with van der Waals surface area (Å²) in [4.78, 5) is 5.48. The number of hydrogen-bond acceptors (Lipinski definition) is 3. The van der Waals surface area contributed by atoms with Gasteiger partial charge in [0.1, 0.15) is 5.15 Å². The Morgan fingerprint density at radius 3 is 2.85 bits per heavy atom. The van der Waals surface area contributed by atoms with E-state index in [9.17, 15) is 0 Å². The molecular formula is C14H13Cl3N2S. The first-order chi connectivity index (χ1) is 9.54. The minimum Gasteiger partial charge on any atom is -0.375 e. The number of aromatic nitrogens is 1. The van der Waals surface area contributed by atoms with Gasteiger partial charge in [-0.05, 0) is 49.4 Å². The molecule has 1 N–H and O–H groups in total. The van der Waals surface area contributed by atoms with Crippen LogP contribution in [0.25, 0.3) is 0 Å². The lowest BCUT2D eigenvalue weighted by atomic mass is 9.93. The van der Waals surface area contributed by atoms with E-state index in [0.717, 1.165) is 34.8 Å². The van der Waals surface area contributed by atoms with Gasteiger partial charge in [0.05, 0.1) is 16.1 Å². The number of pyridine rings is 1. The average Bonchev–Trinajstić information content (AvgIpc) is 2.74. The van der Waals surface area contributed by atoms with Gasteiger partial charge >= 0.3 is 0 Å². The van der Waals surface area contributed by atoms with Gasteiger partial charge in [0.15, 0.2) is 5.15 Å². The molecule has 20 heavy (non-hydrogen) atoms. The first kappa shape index (κ1) is 14.5. The average molecular weight is 348 g/mol. The number of thiophene rings is 1. The number of aryl methyl sites for hydroxylation is 2. The molecule has 1 aliphatic rings. The molecule has 0 amide bonds. The number of rotatable bonds is 2. The van der Waals surface area contributed by atoms with Crippen LogP contribution in [-0.4, -0.2) is 4.98 Å². The monoisotopic (exact) mass is 346 g/mol. The van der Waals surface area contributed by atoms with Gasteiger partial charge in [-0.25, -0.2) is 4.98 Å². The molecule has 2 nitrogen and oxygen atoms in total. The fourth-order valence-electron chi connectivity index (χ4n) is 2.61. The van der Waals surface area contributed by atoms with Gasteiger partial charge in [-0.2, -0.15) is 0 Å². The molecule has 0 radical (unpaired) electrons. The molecule has 1 unspecified atom stereocenters. The van der Waals surface area contributed by atoms with E-state index in [4.69, 9.17) is 34.8 Å². The summed E-state index contributed by atoms with van der Waals surface area (Å²) in [6.45, 7) is 1.98. The molecule has 0 fully saturated rings. The lowest BCUT2D eigenvalue weighted by Crippen LogP contribution is -2.16. The standard InChI is InChI=1S/C14H13Cl3N2S/c1-7-5-11(15)19-14(17)13(7)18-9-3-2-4-10-8(9)6-12(16)20-10/h5-6,9,18H,2-4H2,1H3. The van der Waals surface area contributed by atoms with Crippen LogP contribution in [0.1, 0.15) is 34.9 Å². The van der Waals surface area contributed by atoms with Crippen molar-refractivity contribution < 1.29 is 0 Å². The summed E-state index contributed by atoms with van der Waals surface area (Å²) in [6, 6.07) is 4.12. The Morgan fingerprint density at radius 1 is 1.30 bits per heavy atom. The van der Waals surface area contributed by atoms with Crippen molar-refractivity contribution in [3.63, 3.8) is 0 Å². The van der Waals surface area contributed by atoms with Crippen LogP contribution in [0.5, 0.6) is 0 Å². The fourth-order valence-corrected chi connectivity index (χ4v) is 4.58. The van der Waals surface area contributed by atoms with Crippen molar-refractivity contribution in [2.45, 2.75) is 32.2 Å². The van der Waals surface area contributed by atoms with E-state index >= 15 is 0 Å². The van der Waals surface area contributed by atoms with Gasteiger partial charge in [0.25, 0.3) is 0 Å². The minimum atomic E-state index is 0.238. The highest BCUT2D eigenvalue weighted by molar-refractivity contribution is 7.16. The Balaban J connectivity index is 1.93. The number of fused-ring (bicyclic) bond motifs is 1. The highest BCUT2D eigenvalue weighted by atomic mass is 35.5. The van der Waals surface area contributed by atoms with Gasteiger partial charge in [-0.3, -0.25) is 0 Å². The second kappa shape index (κ2) is 5.72. The maximum Gasteiger partial charge on any atom is 0.154 e. The van der Waals surface area contributed by atoms with Gasteiger partial charge in [0, 0.05) is 4.88 Å². The third-order valence-corrected chi connectivity index (χ3v) is 5.35. The first-order valence-corrected chi connectivity index (χ1v) is 8.37. The molecule has 1 atom stereocenters. The van der Waals surface area contributed by atoms with Crippen LogP contribution in [0.3, 0.4) is 0 Å². The van der Waals surface area contributed by atoms with E-state index in [1.807, 2.05) is 13.0 Å². The Morgan fingerprint density at radius 2 is 2.10 bits per heavy atom. The van der Waals surface area contributed by atoms with Crippen LogP contribution < -0.4 is 5.32 Å². The molecule has 0 saturated heterocycles. The normalized spacial score (nSPS) is 17.9. The largest absolute Gasteiger partial charge is 0.375 e. The van der Waals surface area contributed by atoms with Crippen molar-refractivity contribution in [3.8, 4) is 0 Å². The highest BCUT2D eigenvalue weighted by Crippen LogP contribution is 2.40. The Bertz CT molecular complexity index is 631. The lowest BCUT2D eigenvalue weighted by Gasteiger charge is -2.25. The first-order valence-electron chi connectivity index (χ1n) is 6.42. The number of hydrogen-bond donors (Lipinski definition) is 1. The van der Waals surface area contributed by atoms with Gasteiger partial charge in [-0.1, -0.05) is 34.8 Å². The topological polar surface area (TPSA) is 24.9 Å². The molecular weight excluding hydrogens is 335 g/mol. The fraction of sp³-hybridized carbons (Fsp3) is 0.357. The smallest absolute Gasteiger partial charge is 0.154 e. The predicted octanol–water partition coefficient (Wildman–Crippen LogP) is 5.90. The predicted molar refractivity (Wildman–Crippen MR) is 87.6 cm³/mol. The van der Waals surface area contributed by atoms with E-state index in [-0.39, 0.29) is 6.04 Å². The molecule has 0 aliphatic heterocycles.